The van der Waals surface area contributed by atoms with Gasteiger partial charge in [-0.25, -0.2) is 9.37 Å². The van der Waals surface area contributed by atoms with Crippen LogP contribution in [0, 0.1) is 5.82 Å². The number of nitrogens with zero attached hydrogens (tertiary/aromatic N) is 2. The van der Waals surface area contributed by atoms with Crippen LogP contribution in [0.4, 0.5) is 4.39 Å². The molecule has 0 saturated carbocycles. The standard InChI is InChI=1S/C17H15FN2O2/c18-13-6-8-14(9-7-13)22-11-3-10-20-12-19-16-5-2-1-4-15(16)17(20)21/h1-2,4-9,12H,3,10-11H2. The van der Waals surface area contributed by atoms with E-state index in [0.29, 0.717) is 36.2 Å². The Kier molecular flexibility index (Phi) is 4.14. The van der Waals surface area contributed by atoms with Gasteiger partial charge < -0.3 is 4.74 Å². The van der Waals surface area contributed by atoms with Crippen LogP contribution in [0.3, 0.4) is 0 Å². The zero-order valence-electron chi connectivity index (χ0n) is 11.9. The smallest absolute Gasteiger partial charge is 0.261 e. The van der Waals surface area contributed by atoms with Crippen LogP contribution in [-0.2, 0) is 6.54 Å². The first-order valence-corrected chi connectivity index (χ1v) is 7.06. The Morgan fingerprint density at radius 2 is 1.86 bits per heavy atom. The van der Waals surface area contributed by atoms with Crippen LogP contribution in [-0.4, -0.2) is 16.2 Å². The minimum absolute atomic E-state index is 0.0487. The molecule has 0 radical (unpaired) electrons. The summed E-state index contributed by atoms with van der Waals surface area (Å²) in [6.07, 6.45) is 2.22. The van der Waals surface area contributed by atoms with E-state index in [4.69, 9.17) is 4.74 Å². The van der Waals surface area contributed by atoms with E-state index in [1.165, 1.54) is 12.1 Å². The number of hydrogen-bond acceptors (Lipinski definition) is 3. The van der Waals surface area contributed by atoms with Gasteiger partial charge in [0.05, 0.1) is 23.8 Å². The Morgan fingerprint density at radius 1 is 1.09 bits per heavy atom. The van der Waals surface area contributed by atoms with Crippen molar-refractivity contribution in [1.82, 2.24) is 9.55 Å². The van der Waals surface area contributed by atoms with E-state index in [1.54, 1.807) is 29.1 Å². The Morgan fingerprint density at radius 3 is 2.68 bits per heavy atom. The van der Waals surface area contributed by atoms with Gasteiger partial charge in [-0.05, 0) is 42.8 Å². The lowest BCUT2D eigenvalue weighted by Crippen LogP contribution is -2.21. The average Bonchev–Trinajstić information content (AvgIpc) is 2.55. The molecule has 0 amide bonds. The molecule has 1 heterocycles. The van der Waals surface area contributed by atoms with Gasteiger partial charge in [-0.2, -0.15) is 0 Å². The molecule has 0 saturated heterocycles. The Bertz CT molecular complexity index is 828. The number of para-hydroxylation sites is 1. The lowest BCUT2D eigenvalue weighted by atomic mass is 10.2. The summed E-state index contributed by atoms with van der Waals surface area (Å²) in [6.45, 7) is 0.975. The Hall–Kier alpha value is -2.69. The molecule has 112 valence electrons. The molecule has 3 aromatic rings. The molecule has 0 bridgehead atoms. The highest BCUT2D eigenvalue weighted by molar-refractivity contribution is 5.76. The summed E-state index contributed by atoms with van der Waals surface area (Å²) in [5.41, 5.74) is 0.652. The van der Waals surface area contributed by atoms with Gasteiger partial charge in [0.15, 0.2) is 0 Å². The van der Waals surface area contributed by atoms with Crippen molar-refractivity contribution in [3.63, 3.8) is 0 Å². The largest absolute Gasteiger partial charge is 0.494 e. The first kappa shape index (κ1) is 14.3. The third-order valence-corrected chi connectivity index (χ3v) is 3.36. The molecule has 4 nitrogen and oxygen atoms in total. The van der Waals surface area contributed by atoms with E-state index in [-0.39, 0.29) is 11.4 Å². The molecule has 0 aliphatic heterocycles. The lowest BCUT2D eigenvalue weighted by Gasteiger charge is -2.08. The number of halogens is 1. The highest BCUT2D eigenvalue weighted by atomic mass is 19.1. The van der Waals surface area contributed by atoms with E-state index < -0.39 is 0 Å². The van der Waals surface area contributed by atoms with E-state index >= 15 is 0 Å². The highest BCUT2D eigenvalue weighted by Gasteiger charge is 2.03. The van der Waals surface area contributed by atoms with Crippen molar-refractivity contribution < 1.29 is 9.13 Å². The van der Waals surface area contributed by atoms with Crippen LogP contribution >= 0.6 is 0 Å². The van der Waals surface area contributed by atoms with Gasteiger partial charge in [-0.15, -0.1) is 0 Å². The molecular formula is C17H15FN2O2. The minimum Gasteiger partial charge on any atom is -0.494 e. The molecule has 0 unspecified atom stereocenters. The van der Waals surface area contributed by atoms with Crippen molar-refractivity contribution in [2.75, 3.05) is 6.61 Å². The van der Waals surface area contributed by atoms with Gasteiger partial charge in [0, 0.05) is 6.54 Å². The van der Waals surface area contributed by atoms with Crippen LogP contribution in [0.25, 0.3) is 10.9 Å². The predicted molar refractivity (Wildman–Crippen MR) is 82.5 cm³/mol. The van der Waals surface area contributed by atoms with Crippen LogP contribution in [0.15, 0.2) is 59.7 Å². The molecule has 0 N–H and O–H groups in total. The molecule has 2 aromatic carbocycles. The maximum atomic E-state index is 12.8. The summed E-state index contributed by atoms with van der Waals surface area (Å²) in [5, 5.41) is 0.615. The van der Waals surface area contributed by atoms with Gasteiger partial charge in [0.2, 0.25) is 0 Å². The van der Waals surface area contributed by atoms with Crippen LogP contribution in [0.5, 0.6) is 5.75 Å². The van der Waals surface area contributed by atoms with Gasteiger partial charge in [0.25, 0.3) is 5.56 Å². The number of aryl methyl sites for hydroxylation is 1. The summed E-state index contributed by atoms with van der Waals surface area (Å²) >= 11 is 0. The Labute approximate surface area is 126 Å². The number of fused-ring (bicyclic) bond motifs is 1. The molecule has 0 aliphatic rings. The fraction of sp³-hybridized carbons (Fsp3) is 0.176. The van der Waals surface area contributed by atoms with Gasteiger partial charge in [-0.3, -0.25) is 9.36 Å². The third-order valence-electron chi connectivity index (χ3n) is 3.36. The Balaban J connectivity index is 1.61. The van der Waals surface area contributed by atoms with Crippen molar-refractivity contribution in [3.8, 4) is 5.75 Å². The van der Waals surface area contributed by atoms with E-state index in [9.17, 15) is 9.18 Å². The first-order valence-electron chi connectivity index (χ1n) is 7.06. The molecule has 0 fully saturated rings. The quantitative estimate of drug-likeness (QED) is 0.680. The van der Waals surface area contributed by atoms with Crippen molar-refractivity contribution in [2.45, 2.75) is 13.0 Å². The van der Waals surface area contributed by atoms with Crippen LogP contribution < -0.4 is 10.3 Å². The van der Waals surface area contributed by atoms with E-state index in [2.05, 4.69) is 4.98 Å². The van der Waals surface area contributed by atoms with Crippen molar-refractivity contribution in [3.05, 3.63) is 71.0 Å². The number of hydrogen-bond donors (Lipinski definition) is 0. The fourth-order valence-corrected chi connectivity index (χ4v) is 2.22. The van der Waals surface area contributed by atoms with Crippen molar-refractivity contribution >= 4 is 10.9 Å². The number of rotatable bonds is 5. The zero-order valence-corrected chi connectivity index (χ0v) is 11.9. The second-order valence-corrected chi connectivity index (χ2v) is 4.92. The normalized spacial score (nSPS) is 10.8. The molecule has 1 aromatic heterocycles. The topological polar surface area (TPSA) is 44.1 Å². The average molecular weight is 298 g/mol. The zero-order chi connectivity index (χ0) is 15.4. The SMILES string of the molecule is O=c1c2ccccc2ncn1CCCOc1ccc(F)cc1. The van der Waals surface area contributed by atoms with Crippen molar-refractivity contribution in [1.29, 1.82) is 0 Å². The van der Waals surface area contributed by atoms with Crippen LogP contribution in [0.2, 0.25) is 0 Å². The molecule has 0 spiro atoms. The summed E-state index contributed by atoms with van der Waals surface area (Å²) < 4.78 is 19.9. The number of aromatic nitrogens is 2. The number of benzene rings is 2. The molecule has 5 heteroatoms. The summed E-state index contributed by atoms with van der Waals surface area (Å²) in [6, 6.07) is 13.1. The summed E-state index contributed by atoms with van der Waals surface area (Å²) in [7, 11) is 0. The lowest BCUT2D eigenvalue weighted by molar-refractivity contribution is 0.300. The fourth-order valence-electron chi connectivity index (χ4n) is 2.22. The second-order valence-electron chi connectivity index (χ2n) is 4.92. The van der Waals surface area contributed by atoms with Gasteiger partial charge in [0.1, 0.15) is 11.6 Å². The van der Waals surface area contributed by atoms with E-state index in [1.807, 2.05) is 18.2 Å². The molecule has 3 rings (SSSR count). The van der Waals surface area contributed by atoms with E-state index in [0.717, 1.165) is 0 Å². The minimum atomic E-state index is -0.291. The summed E-state index contributed by atoms with van der Waals surface area (Å²) in [5.74, 6) is 0.325. The molecular weight excluding hydrogens is 283 g/mol. The molecule has 0 atom stereocenters. The monoisotopic (exact) mass is 298 g/mol. The molecule has 0 aliphatic carbocycles. The predicted octanol–water partition coefficient (Wildman–Crippen LogP) is 3.00. The van der Waals surface area contributed by atoms with Gasteiger partial charge in [-0.1, -0.05) is 12.1 Å². The van der Waals surface area contributed by atoms with Gasteiger partial charge >= 0.3 is 0 Å². The maximum Gasteiger partial charge on any atom is 0.261 e. The molecule has 22 heavy (non-hydrogen) atoms. The number of ether oxygens (including phenoxy) is 1. The second kappa shape index (κ2) is 6.39. The first-order chi connectivity index (χ1) is 10.7. The third kappa shape index (κ3) is 3.14. The van der Waals surface area contributed by atoms with Crippen molar-refractivity contribution in [2.24, 2.45) is 0 Å². The maximum absolute atomic E-state index is 12.8. The summed E-state index contributed by atoms with van der Waals surface area (Å²) in [4.78, 5) is 16.5. The van der Waals surface area contributed by atoms with Crippen LogP contribution in [0.1, 0.15) is 6.42 Å². The highest BCUT2D eigenvalue weighted by Crippen LogP contribution is 2.11.